The summed E-state index contributed by atoms with van der Waals surface area (Å²) in [7, 11) is 0. The molecular weight excluding hydrogens is 440 g/mol. The standard InChI is InChI=1S/C25H18N2O3S2/c1-13(2)14-9-10-16-19(12-14)32-25(26-16)27-21(18-8-5-11-31-18)20-22(28)15-6-3-4-7-17(15)30-23(20)24(27)29/h3-13,21H,1-2H3/t21-/m0/s1. The quantitative estimate of drug-likeness (QED) is 0.317. The zero-order valence-corrected chi connectivity index (χ0v) is 19.0. The van der Waals surface area contributed by atoms with E-state index in [0.717, 1.165) is 15.1 Å². The van der Waals surface area contributed by atoms with E-state index in [9.17, 15) is 9.59 Å². The normalized spacial score (nSPS) is 15.9. The van der Waals surface area contributed by atoms with Crippen LogP contribution in [0.5, 0.6) is 0 Å². The van der Waals surface area contributed by atoms with Crippen molar-refractivity contribution in [1.29, 1.82) is 0 Å². The summed E-state index contributed by atoms with van der Waals surface area (Å²) in [6, 6.07) is 16.6. The van der Waals surface area contributed by atoms with E-state index in [4.69, 9.17) is 9.40 Å². The van der Waals surface area contributed by atoms with Crippen LogP contribution < -0.4 is 10.3 Å². The van der Waals surface area contributed by atoms with E-state index in [1.165, 1.54) is 28.2 Å². The van der Waals surface area contributed by atoms with Crippen LogP contribution >= 0.6 is 22.7 Å². The Morgan fingerprint density at radius 1 is 1.06 bits per heavy atom. The van der Waals surface area contributed by atoms with Gasteiger partial charge in [-0.05, 0) is 47.2 Å². The van der Waals surface area contributed by atoms with Crippen molar-refractivity contribution in [3.05, 3.63) is 92.0 Å². The molecule has 0 radical (unpaired) electrons. The first kappa shape index (κ1) is 19.4. The van der Waals surface area contributed by atoms with E-state index in [-0.39, 0.29) is 17.1 Å². The van der Waals surface area contributed by atoms with Crippen LogP contribution in [-0.4, -0.2) is 10.9 Å². The molecule has 6 rings (SSSR count). The highest BCUT2D eigenvalue weighted by molar-refractivity contribution is 7.22. The van der Waals surface area contributed by atoms with Gasteiger partial charge in [0.25, 0.3) is 5.91 Å². The molecule has 1 aliphatic rings. The lowest BCUT2D eigenvalue weighted by atomic mass is 10.0. The predicted octanol–water partition coefficient (Wildman–Crippen LogP) is 6.34. The van der Waals surface area contributed by atoms with Crippen LogP contribution in [0.4, 0.5) is 5.13 Å². The number of thiophene rings is 1. The minimum Gasteiger partial charge on any atom is -0.450 e. The maximum absolute atomic E-state index is 13.6. The van der Waals surface area contributed by atoms with Crippen molar-refractivity contribution in [3.8, 4) is 0 Å². The van der Waals surface area contributed by atoms with Gasteiger partial charge in [0.05, 0.1) is 21.2 Å². The Morgan fingerprint density at radius 2 is 1.91 bits per heavy atom. The molecule has 1 aliphatic heterocycles. The molecule has 5 aromatic rings. The number of hydrogen-bond donors (Lipinski definition) is 0. The molecule has 3 aromatic heterocycles. The van der Waals surface area contributed by atoms with Crippen LogP contribution in [0.2, 0.25) is 0 Å². The van der Waals surface area contributed by atoms with Gasteiger partial charge in [0, 0.05) is 4.88 Å². The van der Waals surface area contributed by atoms with Gasteiger partial charge in [0.15, 0.2) is 10.6 Å². The van der Waals surface area contributed by atoms with Gasteiger partial charge in [-0.1, -0.05) is 49.4 Å². The number of aromatic nitrogens is 1. The summed E-state index contributed by atoms with van der Waals surface area (Å²) < 4.78 is 7.01. The molecule has 0 spiro atoms. The monoisotopic (exact) mass is 458 g/mol. The van der Waals surface area contributed by atoms with Gasteiger partial charge in [0.1, 0.15) is 11.6 Å². The van der Waals surface area contributed by atoms with Crippen LogP contribution in [0.1, 0.15) is 52.4 Å². The van der Waals surface area contributed by atoms with Crippen LogP contribution in [-0.2, 0) is 0 Å². The summed E-state index contributed by atoms with van der Waals surface area (Å²) in [5.74, 6) is 0.175. The molecule has 7 heteroatoms. The molecule has 0 unspecified atom stereocenters. The zero-order valence-electron chi connectivity index (χ0n) is 17.4. The number of amides is 1. The fourth-order valence-electron chi connectivity index (χ4n) is 4.22. The number of thiazole rings is 1. The molecule has 0 fully saturated rings. The number of para-hydroxylation sites is 1. The van der Waals surface area contributed by atoms with Crippen LogP contribution in [0, 0.1) is 0 Å². The van der Waals surface area contributed by atoms with Gasteiger partial charge in [-0.15, -0.1) is 11.3 Å². The molecule has 0 saturated carbocycles. The third-order valence-corrected chi connectivity index (χ3v) is 7.81. The third-order valence-electron chi connectivity index (χ3n) is 5.86. The van der Waals surface area contributed by atoms with E-state index in [0.29, 0.717) is 27.6 Å². The zero-order chi connectivity index (χ0) is 22.0. The number of fused-ring (bicyclic) bond motifs is 3. The molecule has 0 bridgehead atoms. The number of rotatable bonds is 3. The molecule has 158 valence electrons. The van der Waals surface area contributed by atoms with Crippen molar-refractivity contribution in [2.75, 3.05) is 4.90 Å². The van der Waals surface area contributed by atoms with Crippen LogP contribution in [0.3, 0.4) is 0 Å². The molecule has 1 atom stereocenters. The van der Waals surface area contributed by atoms with E-state index in [2.05, 4.69) is 26.0 Å². The van der Waals surface area contributed by atoms with Crippen molar-refractivity contribution in [2.45, 2.75) is 25.8 Å². The second-order valence-corrected chi connectivity index (χ2v) is 10.1. The van der Waals surface area contributed by atoms with Gasteiger partial charge in [-0.3, -0.25) is 14.5 Å². The van der Waals surface area contributed by atoms with Crippen molar-refractivity contribution in [3.63, 3.8) is 0 Å². The Labute approximate surface area is 191 Å². The molecule has 5 nitrogen and oxygen atoms in total. The minimum absolute atomic E-state index is 0.106. The first-order valence-electron chi connectivity index (χ1n) is 10.4. The number of carbonyl (C=O) groups is 1. The predicted molar refractivity (Wildman–Crippen MR) is 129 cm³/mol. The van der Waals surface area contributed by atoms with Gasteiger partial charge < -0.3 is 4.42 Å². The number of carbonyl (C=O) groups excluding carboxylic acids is 1. The van der Waals surface area contributed by atoms with Crippen molar-refractivity contribution >= 4 is 54.9 Å². The first-order chi connectivity index (χ1) is 15.5. The summed E-state index contributed by atoms with van der Waals surface area (Å²) in [6.45, 7) is 4.30. The third kappa shape index (κ3) is 2.78. The summed E-state index contributed by atoms with van der Waals surface area (Å²) in [4.78, 5) is 34.4. The molecule has 0 saturated heterocycles. The minimum atomic E-state index is -0.552. The SMILES string of the molecule is CC(C)c1ccc2nc(N3C(=O)c4oc5ccccc5c(=O)c4[C@@H]3c3cccs3)sc2c1. The largest absolute Gasteiger partial charge is 0.450 e. The average molecular weight is 459 g/mol. The van der Waals surface area contributed by atoms with E-state index < -0.39 is 6.04 Å². The lowest BCUT2D eigenvalue weighted by Gasteiger charge is -2.20. The number of hydrogen-bond acceptors (Lipinski definition) is 6. The Hall–Kier alpha value is -3.29. The highest BCUT2D eigenvalue weighted by Crippen LogP contribution is 2.44. The van der Waals surface area contributed by atoms with Crippen molar-refractivity contribution < 1.29 is 9.21 Å². The van der Waals surface area contributed by atoms with Gasteiger partial charge in [-0.2, -0.15) is 0 Å². The summed E-state index contributed by atoms with van der Waals surface area (Å²) in [5, 5.41) is 3.00. The highest BCUT2D eigenvalue weighted by atomic mass is 32.1. The molecule has 1 amide bonds. The lowest BCUT2D eigenvalue weighted by Crippen LogP contribution is -2.28. The lowest BCUT2D eigenvalue weighted by molar-refractivity contribution is 0.0971. The molecule has 0 aliphatic carbocycles. The fourth-order valence-corrected chi connectivity index (χ4v) is 6.09. The topological polar surface area (TPSA) is 63.4 Å². The van der Waals surface area contributed by atoms with Crippen molar-refractivity contribution in [2.24, 2.45) is 0 Å². The second-order valence-electron chi connectivity index (χ2n) is 8.14. The molecule has 32 heavy (non-hydrogen) atoms. The Bertz CT molecular complexity index is 1560. The number of benzene rings is 2. The Kier molecular flexibility index (Phi) is 4.31. The van der Waals surface area contributed by atoms with E-state index in [1.807, 2.05) is 23.6 Å². The van der Waals surface area contributed by atoms with E-state index >= 15 is 0 Å². The first-order valence-corrected chi connectivity index (χ1v) is 12.1. The summed E-state index contributed by atoms with van der Waals surface area (Å²) in [6.07, 6.45) is 0. The Balaban J connectivity index is 1.59. The Morgan fingerprint density at radius 3 is 2.69 bits per heavy atom. The maximum Gasteiger partial charge on any atom is 0.297 e. The van der Waals surface area contributed by atoms with Crippen LogP contribution in [0.15, 0.2) is 69.2 Å². The second kappa shape index (κ2) is 7.12. The smallest absolute Gasteiger partial charge is 0.297 e. The average Bonchev–Trinajstić information content (AvgIpc) is 3.51. The summed E-state index contributed by atoms with van der Waals surface area (Å²) >= 11 is 2.98. The number of anilines is 1. The van der Waals surface area contributed by atoms with Gasteiger partial charge in [-0.25, -0.2) is 4.98 Å². The van der Waals surface area contributed by atoms with E-state index in [1.54, 1.807) is 29.2 Å². The molecule has 2 aromatic carbocycles. The maximum atomic E-state index is 13.6. The van der Waals surface area contributed by atoms with Gasteiger partial charge >= 0.3 is 0 Å². The van der Waals surface area contributed by atoms with Gasteiger partial charge in [0.2, 0.25) is 5.76 Å². The number of nitrogens with zero attached hydrogens (tertiary/aromatic N) is 2. The molecule has 0 N–H and O–H groups in total. The molecule has 4 heterocycles. The van der Waals surface area contributed by atoms with Crippen LogP contribution in [0.25, 0.3) is 21.2 Å². The van der Waals surface area contributed by atoms with Crippen molar-refractivity contribution in [1.82, 2.24) is 4.98 Å². The summed E-state index contributed by atoms with van der Waals surface area (Å²) in [5.41, 5.74) is 2.70. The fraction of sp³-hybridized carbons (Fsp3) is 0.160. The highest BCUT2D eigenvalue weighted by Gasteiger charge is 2.45. The molecular formula is C25H18N2O3S2.